The Morgan fingerprint density at radius 1 is 1.16 bits per heavy atom. The largest absolute Gasteiger partial charge is 0.493 e. The van der Waals surface area contributed by atoms with E-state index in [-0.39, 0.29) is 0 Å². The van der Waals surface area contributed by atoms with Crippen molar-refractivity contribution in [2.45, 2.75) is 54.9 Å². The number of nitrogens with one attached hydrogen (secondary N) is 1. The van der Waals surface area contributed by atoms with Gasteiger partial charge in [0.25, 0.3) is 0 Å². The van der Waals surface area contributed by atoms with Gasteiger partial charge in [-0.1, -0.05) is 65.0 Å². The first-order valence-electron chi connectivity index (χ1n) is 9.96. The van der Waals surface area contributed by atoms with Crippen LogP contribution < -0.4 is 10.1 Å². The third kappa shape index (κ3) is 8.92. The van der Waals surface area contributed by atoms with E-state index in [1.54, 1.807) is 0 Å². The van der Waals surface area contributed by atoms with E-state index in [9.17, 15) is 0 Å². The van der Waals surface area contributed by atoms with Crippen molar-refractivity contribution in [3.63, 3.8) is 0 Å². The van der Waals surface area contributed by atoms with Gasteiger partial charge in [0.1, 0.15) is 5.75 Å². The standard InChI is InChI=1S/C19H27NO.2C2H6/c1-4-7-17(5-2)18-8-6-9-19(11-18)21-14-16-10-15(3)12-20-13-16;2*1-2/h4-9,11,15-16,20H,10,12-14H2,1-3H3;2*1-2H3/b7-4-,17-5+;;/t15-,16+;;/m1../s1. The Morgan fingerprint density at radius 2 is 1.88 bits per heavy atom. The summed E-state index contributed by atoms with van der Waals surface area (Å²) in [5.74, 6) is 2.34. The molecule has 2 rings (SSSR count). The van der Waals surface area contributed by atoms with Crippen LogP contribution in [0.2, 0.25) is 0 Å². The summed E-state index contributed by atoms with van der Waals surface area (Å²) in [6.45, 7) is 17.4. The van der Waals surface area contributed by atoms with E-state index in [0.717, 1.165) is 31.4 Å². The van der Waals surface area contributed by atoms with Crippen molar-refractivity contribution >= 4 is 5.57 Å². The molecular weight excluding hydrogens is 306 g/mol. The molecule has 1 N–H and O–H groups in total. The van der Waals surface area contributed by atoms with Gasteiger partial charge in [0, 0.05) is 12.5 Å². The summed E-state index contributed by atoms with van der Waals surface area (Å²) in [5.41, 5.74) is 2.44. The van der Waals surface area contributed by atoms with Gasteiger partial charge in [0.15, 0.2) is 0 Å². The molecule has 0 amide bonds. The molecule has 1 heterocycles. The fraction of sp³-hybridized carbons (Fsp3) is 0.565. The normalized spacial score (nSPS) is 20.2. The zero-order chi connectivity index (χ0) is 19.1. The number of ether oxygens (including phenoxy) is 1. The van der Waals surface area contributed by atoms with E-state index in [1.807, 2.05) is 40.7 Å². The molecule has 25 heavy (non-hydrogen) atoms. The molecule has 1 fully saturated rings. The van der Waals surface area contributed by atoms with Crippen LogP contribution in [0.25, 0.3) is 5.57 Å². The van der Waals surface area contributed by atoms with E-state index in [1.165, 1.54) is 17.6 Å². The Bertz CT molecular complexity index is 505. The van der Waals surface area contributed by atoms with Gasteiger partial charge >= 0.3 is 0 Å². The Balaban J connectivity index is 0.00000134. The minimum Gasteiger partial charge on any atom is -0.493 e. The van der Waals surface area contributed by atoms with Gasteiger partial charge in [0.05, 0.1) is 6.61 Å². The second kappa shape index (κ2) is 14.8. The molecule has 1 aromatic rings. The van der Waals surface area contributed by atoms with Crippen molar-refractivity contribution in [1.82, 2.24) is 5.32 Å². The van der Waals surface area contributed by atoms with Gasteiger partial charge in [-0.3, -0.25) is 0 Å². The van der Waals surface area contributed by atoms with Gasteiger partial charge in [-0.05, 0) is 56.0 Å². The second-order valence-corrected chi connectivity index (χ2v) is 5.95. The summed E-state index contributed by atoms with van der Waals surface area (Å²) in [5, 5.41) is 3.48. The summed E-state index contributed by atoms with van der Waals surface area (Å²) in [7, 11) is 0. The van der Waals surface area contributed by atoms with E-state index in [2.05, 4.69) is 55.6 Å². The highest BCUT2D eigenvalue weighted by Crippen LogP contribution is 2.23. The summed E-state index contributed by atoms with van der Waals surface area (Å²) < 4.78 is 6.02. The van der Waals surface area contributed by atoms with Crippen LogP contribution >= 0.6 is 0 Å². The topological polar surface area (TPSA) is 21.3 Å². The zero-order valence-corrected chi connectivity index (χ0v) is 17.4. The molecule has 1 aliphatic heterocycles. The lowest BCUT2D eigenvalue weighted by atomic mass is 9.92. The molecule has 142 valence electrons. The lowest BCUT2D eigenvalue weighted by Crippen LogP contribution is -2.37. The van der Waals surface area contributed by atoms with Crippen LogP contribution in [0.3, 0.4) is 0 Å². The number of allylic oxidation sites excluding steroid dienone is 4. The highest BCUT2D eigenvalue weighted by Gasteiger charge is 2.18. The third-order valence-electron chi connectivity index (χ3n) is 3.97. The predicted octanol–water partition coefficient (Wildman–Crippen LogP) is 6.34. The zero-order valence-electron chi connectivity index (χ0n) is 17.4. The van der Waals surface area contributed by atoms with E-state index >= 15 is 0 Å². The molecule has 0 unspecified atom stereocenters. The van der Waals surface area contributed by atoms with Crippen LogP contribution in [0.15, 0.2) is 42.5 Å². The first-order chi connectivity index (χ1) is 12.2. The summed E-state index contributed by atoms with van der Waals surface area (Å²) in [6, 6.07) is 8.38. The lowest BCUT2D eigenvalue weighted by Gasteiger charge is -2.27. The summed E-state index contributed by atoms with van der Waals surface area (Å²) >= 11 is 0. The Labute approximate surface area is 156 Å². The first-order valence-corrected chi connectivity index (χ1v) is 9.96. The number of piperidine rings is 1. The van der Waals surface area contributed by atoms with Crippen molar-refractivity contribution in [2.75, 3.05) is 19.7 Å². The Morgan fingerprint density at radius 3 is 2.48 bits per heavy atom. The fourth-order valence-electron chi connectivity index (χ4n) is 2.91. The fourth-order valence-corrected chi connectivity index (χ4v) is 2.91. The highest BCUT2D eigenvalue weighted by molar-refractivity contribution is 5.74. The van der Waals surface area contributed by atoms with Crippen LogP contribution in [0.4, 0.5) is 0 Å². The SMILES string of the molecule is C/C=C\C(=C/C)c1cccc(OC[C@@H]2CNC[C@H](C)C2)c1.CC.CC. The molecule has 1 aliphatic rings. The van der Waals surface area contributed by atoms with Crippen molar-refractivity contribution in [3.05, 3.63) is 48.1 Å². The van der Waals surface area contributed by atoms with E-state index < -0.39 is 0 Å². The van der Waals surface area contributed by atoms with Crippen LogP contribution in [0.5, 0.6) is 5.75 Å². The van der Waals surface area contributed by atoms with Crippen LogP contribution in [-0.2, 0) is 0 Å². The van der Waals surface area contributed by atoms with Gasteiger partial charge < -0.3 is 10.1 Å². The number of hydrogen-bond donors (Lipinski definition) is 1. The maximum atomic E-state index is 6.02. The molecule has 0 aliphatic carbocycles. The lowest BCUT2D eigenvalue weighted by molar-refractivity contribution is 0.194. The maximum absolute atomic E-state index is 6.02. The molecule has 2 heteroatoms. The number of hydrogen-bond acceptors (Lipinski definition) is 2. The first kappa shape index (κ1) is 23.5. The van der Waals surface area contributed by atoms with Crippen LogP contribution in [0.1, 0.15) is 60.5 Å². The van der Waals surface area contributed by atoms with Gasteiger partial charge in [-0.2, -0.15) is 0 Å². The molecule has 2 atom stereocenters. The molecule has 0 aromatic heterocycles. The van der Waals surface area contributed by atoms with Crippen LogP contribution in [-0.4, -0.2) is 19.7 Å². The quantitative estimate of drug-likeness (QED) is 0.628. The summed E-state index contributed by atoms with van der Waals surface area (Å²) in [6.07, 6.45) is 7.58. The Kier molecular flexibility index (Phi) is 13.9. The van der Waals surface area contributed by atoms with Gasteiger partial charge in [-0.15, -0.1) is 0 Å². The molecule has 0 bridgehead atoms. The van der Waals surface area contributed by atoms with Gasteiger partial charge in [0.2, 0.25) is 0 Å². The molecule has 0 saturated carbocycles. The maximum Gasteiger partial charge on any atom is 0.119 e. The third-order valence-corrected chi connectivity index (χ3v) is 3.97. The molecular formula is C23H39NO. The number of benzene rings is 1. The monoisotopic (exact) mass is 345 g/mol. The van der Waals surface area contributed by atoms with Crippen molar-refractivity contribution < 1.29 is 4.74 Å². The molecule has 1 saturated heterocycles. The molecule has 0 radical (unpaired) electrons. The minimum atomic E-state index is 0.620. The average Bonchev–Trinajstić information content (AvgIpc) is 2.68. The molecule has 1 aromatic carbocycles. The van der Waals surface area contributed by atoms with Crippen LogP contribution in [0, 0.1) is 11.8 Å². The van der Waals surface area contributed by atoms with Crippen molar-refractivity contribution in [2.24, 2.45) is 11.8 Å². The molecule has 2 nitrogen and oxygen atoms in total. The second-order valence-electron chi connectivity index (χ2n) is 5.95. The van der Waals surface area contributed by atoms with Crippen molar-refractivity contribution in [1.29, 1.82) is 0 Å². The molecule has 0 spiro atoms. The Hall–Kier alpha value is -1.54. The number of rotatable bonds is 5. The minimum absolute atomic E-state index is 0.620. The highest BCUT2D eigenvalue weighted by atomic mass is 16.5. The van der Waals surface area contributed by atoms with Crippen molar-refractivity contribution in [3.8, 4) is 5.75 Å². The van der Waals surface area contributed by atoms with E-state index in [0.29, 0.717) is 5.92 Å². The van der Waals surface area contributed by atoms with E-state index in [4.69, 9.17) is 4.74 Å². The average molecular weight is 346 g/mol. The predicted molar refractivity (Wildman–Crippen MR) is 113 cm³/mol. The van der Waals surface area contributed by atoms with Gasteiger partial charge in [-0.25, -0.2) is 0 Å². The summed E-state index contributed by atoms with van der Waals surface area (Å²) in [4.78, 5) is 0. The smallest absolute Gasteiger partial charge is 0.119 e.